The van der Waals surface area contributed by atoms with Crippen molar-refractivity contribution in [3.05, 3.63) is 98.4 Å². The summed E-state index contributed by atoms with van der Waals surface area (Å²) in [5.41, 5.74) is 2.28. The van der Waals surface area contributed by atoms with Crippen LogP contribution in [-0.4, -0.2) is 34.1 Å². The van der Waals surface area contributed by atoms with Crippen LogP contribution in [0.3, 0.4) is 0 Å². The lowest BCUT2D eigenvalue weighted by Gasteiger charge is -2.09. The summed E-state index contributed by atoms with van der Waals surface area (Å²) >= 11 is 13.5. The van der Waals surface area contributed by atoms with E-state index in [0.29, 0.717) is 38.2 Å². The maximum atomic E-state index is 12.7. The van der Waals surface area contributed by atoms with Gasteiger partial charge >= 0.3 is 5.97 Å². The molecule has 1 aliphatic heterocycles. The van der Waals surface area contributed by atoms with Crippen LogP contribution in [-0.2, 0) is 11.4 Å². The number of hydrogen-bond acceptors (Lipinski definition) is 5. The number of halogens is 2. The number of nitrogens with zero attached hydrogens (tertiary/aromatic N) is 2. The molecule has 6 nitrogen and oxygen atoms in total. The average Bonchev–Trinajstić information content (AvgIpc) is 3.07. The molecule has 0 saturated carbocycles. The van der Waals surface area contributed by atoms with Crippen LogP contribution in [0.4, 0.5) is 5.69 Å². The van der Waals surface area contributed by atoms with Gasteiger partial charge in [0.05, 0.1) is 21.2 Å². The van der Waals surface area contributed by atoms with Crippen molar-refractivity contribution in [1.82, 2.24) is 4.90 Å². The number of ether oxygens (including phenoxy) is 1. The van der Waals surface area contributed by atoms with Crippen molar-refractivity contribution in [2.45, 2.75) is 6.61 Å². The first-order valence-electron chi connectivity index (χ1n) is 10.1. The zero-order valence-electron chi connectivity index (χ0n) is 17.9. The highest BCUT2D eigenvalue weighted by Crippen LogP contribution is 2.34. The first-order valence-corrected chi connectivity index (χ1v) is 11.6. The third-order valence-electron chi connectivity index (χ3n) is 4.88. The molecule has 0 aliphatic carbocycles. The summed E-state index contributed by atoms with van der Waals surface area (Å²) in [6.45, 7) is 0.347. The van der Waals surface area contributed by atoms with Crippen molar-refractivity contribution >= 4 is 63.8 Å². The minimum atomic E-state index is -1.04. The number of aliphatic imine (C=N–C) groups is 1. The molecule has 1 amide bonds. The van der Waals surface area contributed by atoms with E-state index in [-0.39, 0.29) is 11.5 Å². The van der Waals surface area contributed by atoms with Crippen molar-refractivity contribution in [3.63, 3.8) is 0 Å². The molecule has 172 valence electrons. The number of carboxylic acid groups (broad SMARTS) is 1. The molecule has 4 rings (SSSR count). The van der Waals surface area contributed by atoms with Crippen LogP contribution in [0.2, 0.25) is 10.0 Å². The summed E-state index contributed by atoms with van der Waals surface area (Å²) in [7, 11) is 1.62. The average molecular weight is 513 g/mol. The van der Waals surface area contributed by atoms with Crippen molar-refractivity contribution in [3.8, 4) is 5.75 Å². The van der Waals surface area contributed by atoms with E-state index in [0.717, 1.165) is 11.1 Å². The van der Waals surface area contributed by atoms with Gasteiger partial charge in [0.25, 0.3) is 5.91 Å². The molecule has 1 fully saturated rings. The van der Waals surface area contributed by atoms with Crippen LogP contribution in [0.15, 0.2) is 76.6 Å². The molecule has 0 unspecified atom stereocenters. The fraction of sp³-hybridized carbons (Fsp3) is 0.0800. The van der Waals surface area contributed by atoms with E-state index in [9.17, 15) is 9.59 Å². The summed E-state index contributed by atoms with van der Waals surface area (Å²) in [6, 6.07) is 18.9. The molecule has 3 aromatic rings. The number of carbonyl (C=O) groups is 2. The van der Waals surface area contributed by atoms with Crippen molar-refractivity contribution in [2.75, 3.05) is 7.05 Å². The number of amides is 1. The number of carboxylic acids is 1. The summed E-state index contributed by atoms with van der Waals surface area (Å²) < 4.78 is 5.80. The molecule has 1 N–H and O–H groups in total. The Balaban J connectivity index is 1.49. The number of carbonyl (C=O) groups excluding carboxylic acids is 1. The summed E-state index contributed by atoms with van der Waals surface area (Å²) in [6.07, 6.45) is 1.73. The number of aromatic carboxylic acids is 1. The lowest BCUT2D eigenvalue weighted by atomic mass is 10.2. The quantitative estimate of drug-likeness (QED) is 0.381. The molecule has 0 bridgehead atoms. The molecule has 0 spiro atoms. The maximum absolute atomic E-state index is 12.7. The molecule has 1 saturated heterocycles. The maximum Gasteiger partial charge on any atom is 0.335 e. The van der Waals surface area contributed by atoms with Gasteiger partial charge in [-0.3, -0.25) is 9.69 Å². The van der Waals surface area contributed by atoms with E-state index in [1.165, 1.54) is 28.8 Å². The molecule has 1 heterocycles. The second-order valence-corrected chi connectivity index (χ2v) is 9.18. The third-order valence-corrected chi connectivity index (χ3v) is 6.49. The fourth-order valence-corrected chi connectivity index (χ4v) is 4.44. The van der Waals surface area contributed by atoms with E-state index in [1.807, 2.05) is 18.2 Å². The van der Waals surface area contributed by atoms with Gasteiger partial charge in [0.1, 0.15) is 12.4 Å². The van der Waals surface area contributed by atoms with Gasteiger partial charge in [0, 0.05) is 12.1 Å². The number of likely N-dealkylation sites (N-methyl/N-ethyl adjacent to an activating group) is 1. The molecule has 9 heteroatoms. The van der Waals surface area contributed by atoms with Crippen LogP contribution in [0.5, 0.6) is 5.75 Å². The second-order valence-electron chi connectivity index (χ2n) is 7.33. The highest BCUT2D eigenvalue weighted by molar-refractivity contribution is 8.18. The lowest BCUT2D eigenvalue weighted by Crippen LogP contribution is -2.23. The van der Waals surface area contributed by atoms with Gasteiger partial charge in [0.15, 0.2) is 5.17 Å². The van der Waals surface area contributed by atoms with Gasteiger partial charge in [-0.25, -0.2) is 9.79 Å². The van der Waals surface area contributed by atoms with Crippen molar-refractivity contribution in [2.24, 2.45) is 4.99 Å². The molecular weight excluding hydrogens is 495 g/mol. The molecule has 1 aliphatic rings. The van der Waals surface area contributed by atoms with Crippen LogP contribution >= 0.6 is 35.0 Å². The van der Waals surface area contributed by atoms with E-state index >= 15 is 0 Å². The van der Waals surface area contributed by atoms with Crippen LogP contribution < -0.4 is 4.74 Å². The molecular formula is C25H18Cl2N2O4S. The standard InChI is InChI=1S/C25H18Cl2N2O4S/c1-29-23(30)22(34-25(29)28-19-4-2-3-17(13-19)24(31)32)12-16-7-10-21(20(27)11-16)33-14-15-5-8-18(26)9-6-15/h2-13H,14H2,1H3,(H,31,32). The normalized spacial score (nSPS) is 15.9. The molecule has 0 radical (unpaired) electrons. The van der Waals surface area contributed by atoms with Gasteiger partial charge < -0.3 is 9.84 Å². The number of rotatable bonds is 6. The number of hydrogen-bond donors (Lipinski definition) is 1. The van der Waals surface area contributed by atoms with Gasteiger partial charge in [-0.2, -0.15) is 0 Å². The highest BCUT2D eigenvalue weighted by atomic mass is 35.5. The number of thioether (sulfide) groups is 1. The third kappa shape index (κ3) is 5.62. The minimum absolute atomic E-state index is 0.127. The summed E-state index contributed by atoms with van der Waals surface area (Å²) in [5, 5.41) is 10.7. The number of benzene rings is 3. The van der Waals surface area contributed by atoms with Crippen molar-refractivity contribution < 1.29 is 19.4 Å². The topological polar surface area (TPSA) is 79.2 Å². The van der Waals surface area contributed by atoms with Crippen LogP contribution in [0, 0.1) is 0 Å². The predicted molar refractivity (Wildman–Crippen MR) is 136 cm³/mol. The molecule has 0 aromatic heterocycles. The Labute approximate surface area is 210 Å². The zero-order chi connectivity index (χ0) is 24.2. The summed E-state index contributed by atoms with van der Waals surface area (Å²) in [4.78, 5) is 30.2. The Bertz CT molecular complexity index is 1320. The Morgan fingerprint density at radius 1 is 1.12 bits per heavy atom. The first-order chi connectivity index (χ1) is 16.3. The lowest BCUT2D eigenvalue weighted by molar-refractivity contribution is -0.121. The van der Waals surface area contributed by atoms with Crippen LogP contribution in [0.25, 0.3) is 6.08 Å². The van der Waals surface area contributed by atoms with Gasteiger partial charge in [-0.05, 0) is 71.4 Å². The smallest absolute Gasteiger partial charge is 0.335 e. The predicted octanol–water partition coefficient (Wildman–Crippen LogP) is 6.50. The van der Waals surface area contributed by atoms with E-state index < -0.39 is 5.97 Å². The first kappa shape index (κ1) is 23.9. The minimum Gasteiger partial charge on any atom is -0.487 e. The zero-order valence-corrected chi connectivity index (χ0v) is 20.2. The monoisotopic (exact) mass is 512 g/mol. The van der Waals surface area contributed by atoms with Gasteiger partial charge in [0.2, 0.25) is 0 Å². The van der Waals surface area contributed by atoms with Gasteiger partial charge in [-0.15, -0.1) is 0 Å². The molecule has 3 aromatic carbocycles. The summed E-state index contributed by atoms with van der Waals surface area (Å²) in [5.74, 6) is -0.720. The van der Waals surface area contributed by atoms with Crippen molar-refractivity contribution in [1.29, 1.82) is 0 Å². The SMILES string of the molecule is CN1C(=O)C(=Cc2ccc(OCc3ccc(Cl)cc3)c(Cl)c2)SC1=Nc1cccc(C(=O)O)c1. The Hall–Kier alpha value is -3.26. The highest BCUT2D eigenvalue weighted by Gasteiger charge is 2.30. The van der Waals surface area contributed by atoms with E-state index in [1.54, 1.807) is 49.5 Å². The van der Waals surface area contributed by atoms with Crippen LogP contribution in [0.1, 0.15) is 21.5 Å². The molecule has 34 heavy (non-hydrogen) atoms. The Morgan fingerprint density at radius 3 is 2.59 bits per heavy atom. The fourth-order valence-electron chi connectivity index (χ4n) is 3.09. The largest absolute Gasteiger partial charge is 0.487 e. The van der Waals surface area contributed by atoms with E-state index in [2.05, 4.69) is 4.99 Å². The van der Waals surface area contributed by atoms with Gasteiger partial charge in [-0.1, -0.05) is 47.5 Å². The number of amidine groups is 1. The second kappa shape index (κ2) is 10.3. The van der Waals surface area contributed by atoms with E-state index in [4.69, 9.17) is 33.0 Å². The Morgan fingerprint density at radius 2 is 1.88 bits per heavy atom. The Kier molecular flexibility index (Phi) is 7.26. The molecule has 0 atom stereocenters.